The Morgan fingerprint density at radius 1 is 1.07 bits per heavy atom. The lowest BCUT2D eigenvalue weighted by Crippen LogP contribution is -2.35. The second-order valence-corrected chi connectivity index (χ2v) is 7.30. The molecule has 0 saturated carbocycles. The van der Waals surface area contributed by atoms with Crippen molar-refractivity contribution in [3.63, 3.8) is 0 Å². The summed E-state index contributed by atoms with van der Waals surface area (Å²) in [7, 11) is 0. The number of furan rings is 1. The lowest BCUT2D eigenvalue weighted by atomic mass is 10.1. The van der Waals surface area contributed by atoms with Crippen LogP contribution in [0.2, 0.25) is 0 Å². The molecule has 4 heterocycles. The van der Waals surface area contributed by atoms with Gasteiger partial charge in [-0.05, 0) is 48.5 Å². The van der Waals surface area contributed by atoms with Gasteiger partial charge in [-0.3, -0.25) is 14.7 Å². The summed E-state index contributed by atoms with van der Waals surface area (Å²) in [6, 6.07) is 15.7. The highest BCUT2D eigenvalue weighted by atomic mass is 19.1. The number of fused-ring (bicyclic) bond motifs is 1. The fourth-order valence-electron chi connectivity index (χ4n) is 3.72. The SMILES string of the molecule is O=c1[nH]c(-c2ccco2)nc2c1CN(Cc1cccc(-c3ccc(F)cc3)n1)CC2. The van der Waals surface area contributed by atoms with Crippen molar-refractivity contribution >= 4 is 0 Å². The second kappa shape index (κ2) is 7.68. The molecule has 7 heteroatoms. The summed E-state index contributed by atoms with van der Waals surface area (Å²) in [5.74, 6) is 0.751. The van der Waals surface area contributed by atoms with Gasteiger partial charge in [0.1, 0.15) is 5.82 Å². The first-order chi connectivity index (χ1) is 14.7. The Hall–Kier alpha value is -3.58. The van der Waals surface area contributed by atoms with E-state index in [0.717, 1.165) is 29.2 Å². The van der Waals surface area contributed by atoms with Gasteiger partial charge in [-0.25, -0.2) is 9.37 Å². The van der Waals surface area contributed by atoms with Gasteiger partial charge in [0.25, 0.3) is 5.56 Å². The minimum Gasteiger partial charge on any atom is -0.461 e. The number of nitrogens with zero attached hydrogens (tertiary/aromatic N) is 3. The van der Waals surface area contributed by atoms with Gasteiger partial charge in [-0.1, -0.05) is 6.07 Å². The van der Waals surface area contributed by atoms with E-state index < -0.39 is 0 Å². The van der Waals surface area contributed by atoms with E-state index in [9.17, 15) is 9.18 Å². The molecule has 0 spiro atoms. The molecule has 1 N–H and O–H groups in total. The number of benzene rings is 1. The maximum Gasteiger partial charge on any atom is 0.256 e. The molecule has 1 aliphatic heterocycles. The molecule has 0 bridgehead atoms. The minimum atomic E-state index is -0.268. The predicted molar refractivity (Wildman–Crippen MR) is 110 cm³/mol. The number of H-pyrrole nitrogens is 1. The molecule has 0 radical (unpaired) electrons. The van der Waals surface area contributed by atoms with Crippen LogP contribution in [0.4, 0.5) is 4.39 Å². The van der Waals surface area contributed by atoms with E-state index in [1.54, 1.807) is 30.5 Å². The molecule has 3 aromatic heterocycles. The van der Waals surface area contributed by atoms with Crippen LogP contribution in [0, 0.1) is 5.82 Å². The lowest BCUT2D eigenvalue weighted by molar-refractivity contribution is 0.239. The zero-order chi connectivity index (χ0) is 20.5. The van der Waals surface area contributed by atoms with Gasteiger partial charge < -0.3 is 9.40 Å². The average molecular weight is 402 g/mol. The third kappa shape index (κ3) is 3.67. The van der Waals surface area contributed by atoms with Crippen molar-refractivity contribution in [2.75, 3.05) is 6.54 Å². The summed E-state index contributed by atoms with van der Waals surface area (Å²) in [5, 5.41) is 0. The summed E-state index contributed by atoms with van der Waals surface area (Å²) in [5.41, 5.74) is 3.93. The standard InChI is InChI=1S/C23H19FN4O2/c24-16-8-6-15(7-9-16)19-4-1-3-17(25-19)13-28-11-10-20-18(14-28)23(29)27-22(26-20)21-5-2-12-30-21/h1-9,12H,10-11,13-14H2,(H,26,27,29). The fraction of sp³-hybridized carbons (Fsp3) is 0.174. The smallest absolute Gasteiger partial charge is 0.256 e. The summed E-state index contributed by atoms with van der Waals surface area (Å²) >= 11 is 0. The van der Waals surface area contributed by atoms with Crippen molar-refractivity contribution in [2.45, 2.75) is 19.5 Å². The molecule has 0 amide bonds. The van der Waals surface area contributed by atoms with Crippen LogP contribution in [-0.4, -0.2) is 26.4 Å². The molecule has 0 fully saturated rings. The highest BCUT2D eigenvalue weighted by molar-refractivity contribution is 5.58. The van der Waals surface area contributed by atoms with E-state index in [2.05, 4.69) is 14.9 Å². The third-order valence-electron chi connectivity index (χ3n) is 5.23. The lowest BCUT2D eigenvalue weighted by Gasteiger charge is -2.27. The Balaban J connectivity index is 1.35. The summed E-state index contributed by atoms with van der Waals surface area (Å²) < 4.78 is 18.5. The molecular weight excluding hydrogens is 383 g/mol. The maximum absolute atomic E-state index is 13.2. The molecular formula is C23H19FN4O2. The second-order valence-electron chi connectivity index (χ2n) is 7.30. The van der Waals surface area contributed by atoms with Crippen molar-refractivity contribution in [3.05, 3.63) is 94.0 Å². The molecule has 0 saturated heterocycles. The van der Waals surface area contributed by atoms with Crippen LogP contribution in [0.15, 0.2) is 70.1 Å². The normalized spacial score (nSPS) is 13.9. The molecule has 1 aliphatic rings. The Morgan fingerprint density at radius 2 is 1.93 bits per heavy atom. The first-order valence-electron chi connectivity index (χ1n) is 9.76. The monoisotopic (exact) mass is 402 g/mol. The topological polar surface area (TPSA) is 75.0 Å². The molecule has 30 heavy (non-hydrogen) atoms. The Labute approximate surface area is 172 Å². The van der Waals surface area contributed by atoms with Crippen LogP contribution in [-0.2, 0) is 19.5 Å². The number of hydrogen-bond donors (Lipinski definition) is 1. The summed E-state index contributed by atoms with van der Waals surface area (Å²) in [6.07, 6.45) is 2.24. The van der Waals surface area contributed by atoms with Gasteiger partial charge in [-0.2, -0.15) is 0 Å². The van der Waals surface area contributed by atoms with Crippen LogP contribution >= 0.6 is 0 Å². The average Bonchev–Trinajstić information content (AvgIpc) is 3.30. The highest BCUT2D eigenvalue weighted by Gasteiger charge is 2.22. The number of aromatic nitrogens is 3. The number of pyridine rings is 1. The van der Waals surface area contributed by atoms with Crippen LogP contribution in [0.1, 0.15) is 17.0 Å². The van der Waals surface area contributed by atoms with Gasteiger partial charge in [0.15, 0.2) is 11.6 Å². The van der Waals surface area contributed by atoms with Crippen molar-refractivity contribution < 1.29 is 8.81 Å². The van der Waals surface area contributed by atoms with Crippen LogP contribution < -0.4 is 5.56 Å². The van der Waals surface area contributed by atoms with Gasteiger partial charge in [-0.15, -0.1) is 0 Å². The van der Waals surface area contributed by atoms with Crippen molar-refractivity contribution in [1.82, 2.24) is 19.9 Å². The van der Waals surface area contributed by atoms with Gasteiger partial charge in [0.05, 0.1) is 28.9 Å². The number of aromatic amines is 1. The van der Waals surface area contributed by atoms with E-state index >= 15 is 0 Å². The maximum atomic E-state index is 13.2. The van der Waals surface area contributed by atoms with Crippen molar-refractivity contribution in [1.29, 1.82) is 0 Å². The molecule has 5 rings (SSSR count). The number of hydrogen-bond acceptors (Lipinski definition) is 5. The molecule has 150 valence electrons. The van der Waals surface area contributed by atoms with Gasteiger partial charge >= 0.3 is 0 Å². The first kappa shape index (κ1) is 18.4. The van der Waals surface area contributed by atoms with E-state index in [-0.39, 0.29) is 11.4 Å². The zero-order valence-electron chi connectivity index (χ0n) is 16.1. The molecule has 6 nitrogen and oxygen atoms in total. The fourth-order valence-corrected chi connectivity index (χ4v) is 3.72. The number of rotatable bonds is 4. The van der Waals surface area contributed by atoms with E-state index in [1.165, 1.54) is 12.1 Å². The number of halogens is 1. The number of nitrogens with one attached hydrogen (secondary N) is 1. The van der Waals surface area contributed by atoms with E-state index in [4.69, 9.17) is 9.40 Å². The summed E-state index contributed by atoms with van der Waals surface area (Å²) in [6.45, 7) is 1.91. The minimum absolute atomic E-state index is 0.135. The predicted octanol–water partition coefficient (Wildman–Crippen LogP) is 3.79. The quantitative estimate of drug-likeness (QED) is 0.562. The van der Waals surface area contributed by atoms with E-state index in [0.29, 0.717) is 36.7 Å². The van der Waals surface area contributed by atoms with Crippen LogP contribution in [0.25, 0.3) is 22.8 Å². The molecule has 0 unspecified atom stereocenters. The van der Waals surface area contributed by atoms with Gasteiger partial charge in [0, 0.05) is 31.6 Å². The van der Waals surface area contributed by atoms with Crippen LogP contribution in [0.5, 0.6) is 0 Å². The molecule has 4 aromatic rings. The van der Waals surface area contributed by atoms with E-state index in [1.807, 2.05) is 18.2 Å². The Bertz CT molecular complexity index is 1230. The Kier molecular flexibility index (Phi) is 4.72. The molecule has 1 aromatic carbocycles. The van der Waals surface area contributed by atoms with Gasteiger partial charge in [0.2, 0.25) is 0 Å². The molecule has 0 atom stereocenters. The Morgan fingerprint density at radius 3 is 2.73 bits per heavy atom. The third-order valence-corrected chi connectivity index (χ3v) is 5.23. The summed E-state index contributed by atoms with van der Waals surface area (Å²) in [4.78, 5) is 27.0. The first-order valence-corrected chi connectivity index (χ1v) is 9.76. The zero-order valence-corrected chi connectivity index (χ0v) is 16.1. The van der Waals surface area contributed by atoms with Crippen molar-refractivity contribution in [3.8, 4) is 22.8 Å². The largest absolute Gasteiger partial charge is 0.461 e. The van der Waals surface area contributed by atoms with Crippen LogP contribution in [0.3, 0.4) is 0 Å². The highest BCUT2D eigenvalue weighted by Crippen LogP contribution is 2.21. The molecule has 0 aliphatic carbocycles. The van der Waals surface area contributed by atoms with Crippen molar-refractivity contribution in [2.24, 2.45) is 0 Å².